The fraction of sp³-hybridized carbons (Fsp3) is 0.333. The van der Waals surface area contributed by atoms with Crippen LogP contribution in [0.5, 0.6) is 0 Å². The molecule has 21 heavy (non-hydrogen) atoms. The van der Waals surface area contributed by atoms with Crippen LogP contribution in [-0.2, 0) is 11.3 Å². The molecule has 0 N–H and O–H groups in total. The summed E-state index contributed by atoms with van der Waals surface area (Å²) in [6, 6.07) is 10.1. The third-order valence-corrected chi connectivity index (χ3v) is 3.34. The molecule has 1 aromatic carbocycles. The summed E-state index contributed by atoms with van der Waals surface area (Å²) in [5, 5.41) is 0. The van der Waals surface area contributed by atoms with Crippen molar-refractivity contribution in [2.75, 3.05) is 4.90 Å². The Morgan fingerprint density at radius 2 is 1.86 bits per heavy atom. The lowest BCUT2D eigenvalue weighted by Gasteiger charge is -2.25. The van der Waals surface area contributed by atoms with Gasteiger partial charge in [0.15, 0.2) is 0 Å². The van der Waals surface area contributed by atoms with Gasteiger partial charge in [0.1, 0.15) is 0 Å². The molecule has 0 saturated carbocycles. The lowest BCUT2D eigenvalue weighted by Crippen LogP contribution is -2.34. The van der Waals surface area contributed by atoms with E-state index in [0.29, 0.717) is 6.54 Å². The second-order valence-electron chi connectivity index (χ2n) is 5.79. The number of amides is 1. The SMILES string of the molecule is Cc1cc(C)cc(N(Cc2cccnc2)C(=O)C(C)C)c1. The summed E-state index contributed by atoms with van der Waals surface area (Å²) < 4.78 is 0. The van der Waals surface area contributed by atoms with Crippen molar-refractivity contribution in [3.05, 3.63) is 59.4 Å². The van der Waals surface area contributed by atoms with Crippen LogP contribution in [-0.4, -0.2) is 10.9 Å². The highest BCUT2D eigenvalue weighted by Crippen LogP contribution is 2.22. The van der Waals surface area contributed by atoms with Gasteiger partial charge < -0.3 is 4.90 Å². The second kappa shape index (κ2) is 6.53. The fourth-order valence-corrected chi connectivity index (χ4v) is 2.39. The predicted octanol–water partition coefficient (Wildman–Crippen LogP) is 3.89. The first-order valence-electron chi connectivity index (χ1n) is 7.26. The number of aryl methyl sites for hydroxylation is 2. The van der Waals surface area contributed by atoms with Gasteiger partial charge in [-0.3, -0.25) is 9.78 Å². The minimum absolute atomic E-state index is 0.0394. The lowest BCUT2D eigenvalue weighted by atomic mass is 10.1. The number of anilines is 1. The Kier molecular flexibility index (Phi) is 4.73. The smallest absolute Gasteiger partial charge is 0.229 e. The zero-order chi connectivity index (χ0) is 15.4. The molecule has 1 amide bonds. The summed E-state index contributed by atoms with van der Waals surface area (Å²) >= 11 is 0. The highest BCUT2D eigenvalue weighted by atomic mass is 16.2. The molecular weight excluding hydrogens is 260 g/mol. The molecule has 0 atom stereocenters. The minimum atomic E-state index is -0.0394. The average Bonchev–Trinajstić information content (AvgIpc) is 2.44. The van der Waals surface area contributed by atoms with Crippen molar-refractivity contribution in [3.8, 4) is 0 Å². The number of carbonyl (C=O) groups is 1. The van der Waals surface area contributed by atoms with Gasteiger partial charge in [-0.1, -0.05) is 26.0 Å². The summed E-state index contributed by atoms with van der Waals surface area (Å²) in [4.78, 5) is 18.6. The zero-order valence-electron chi connectivity index (χ0n) is 13.1. The van der Waals surface area contributed by atoms with Crippen molar-refractivity contribution >= 4 is 11.6 Å². The number of carbonyl (C=O) groups excluding carboxylic acids is 1. The van der Waals surface area contributed by atoms with Crippen LogP contribution >= 0.6 is 0 Å². The van der Waals surface area contributed by atoms with Crippen molar-refractivity contribution in [2.45, 2.75) is 34.2 Å². The van der Waals surface area contributed by atoms with E-state index >= 15 is 0 Å². The van der Waals surface area contributed by atoms with Gasteiger partial charge in [0, 0.05) is 24.0 Å². The highest BCUT2D eigenvalue weighted by Gasteiger charge is 2.19. The third kappa shape index (κ3) is 3.91. The zero-order valence-corrected chi connectivity index (χ0v) is 13.1. The lowest BCUT2D eigenvalue weighted by molar-refractivity contribution is -0.121. The van der Waals surface area contributed by atoms with Gasteiger partial charge >= 0.3 is 0 Å². The number of benzene rings is 1. The van der Waals surface area contributed by atoms with Crippen LogP contribution in [0.3, 0.4) is 0 Å². The molecule has 0 aliphatic rings. The van der Waals surface area contributed by atoms with Gasteiger partial charge in [-0.25, -0.2) is 0 Å². The molecule has 0 radical (unpaired) electrons. The fourth-order valence-electron chi connectivity index (χ4n) is 2.39. The summed E-state index contributed by atoms with van der Waals surface area (Å²) in [6.07, 6.45) is 3.55. The maximum atomic E-state index is 12.6. The first-order chi connectivity index (χ1) is 9.97. The molecule has 0 spiro atoms. The van der Waals surface area contributed by atoms with Gasteiger partial charge in [-0.05, 0) is 48.7 Å². The molecule has 0 bridgehead atoms. The first kappa shape index (κ1) is 15.2. The monoisotopic (exact) mass is 282 g/mol. The van der Waals surface area contributed by atoms with Gasteiger partial charge in [-0.15, -0.1) is 0 Å². The number of pyridine rings is 1. The Bertz CT molecular complexity index is 600. The molecule has 110 valence electrons. The normalized spacial score (nSPS) is 10.7. The Hall–Kier alpha value is -2.16. The molecule has 0 aliphatic carbocycles. The largest absolute Gasteiger partial charge is 0.308 e. The number of hydrogen-bond acceptors (Lipinski definition) is 2. The Labute approximate surface area is 126 Å². The van der Waals surface area contributed by atoms with E-state index in [1.165, 1.54) is 0 Å². The van der Waals surface area contributed by atoms with E-state index in [2.05, 4.69) is 37.0 Å². The minimum Gasteiger partial charge on any atom is -0.308 e. The molecule has 3 nitrogen and oxygen atoms in total. The van der Waals surface area contributed by atoms with E-state index in [1.54, 1.807) is 6.20 Å². The standard InChI is InChI=1S/C18H22N2O/c1-13(2)18(21)20(12-16-6-5-7-19-11-16)17-9-14(3)8-15(4)10-17/h5-11,13H,12H2,1-4H3. The van der Waals surface area contributed by atoms with E-state index < -0.39 is 0 Å². The van der Waals surface area contributed by atoms with Crippen LogP contribution < -0.4 is 4.90 Å². The Morgan fingerprint density at radius 1 is 1.19 bits per heavy atom. The van der Waals surface area contributed by atoms with E-state index in [1.807, 2.05) is 37.1 Å². The number of nitrogens with zero attached hydrogens (tertiary/aromatic N) is 2. The molecular formula is C18H22N2O. The quantitative estimate of drug-likeness (QED) is 0.852. The molecule has 0 aliphatic heterocycles. The van der Waals surface area contributed by atoms with Crippen LogP contribution in [0.15, 0.2) is 42.7 Å². The van der Waals surface area contributed by atoms with Crippen LogP contribution in [0.2, 0.25) is 0 Å². The first-order valence-corrected chi connectivity index (χ1v) is 7.26. The highest BCUT2D eigenvalue weighted by molar-refractivity contribution is 5.94. The maximum absolute atomic E-state index is 12.6. The average molecular weight is 282 g/mol. The maximum Gasteiger partial charge on any atom is 0.229 e. The molecule has 1 aromatic heterocycles. The van der Waals surface area contributed by atoms with Crippen molar-refractivity contribution in [2.24, 2.45) is 5.92 Å². The van der Waals surface area contributed by atoms with Crippen LogP contribution in [0.4, 0.5) is 5.69 Å². The van der Waals surface area contributed by atoms with Crippen molar-refractivity contribution < 1.29 is 4.79 Å². The number of aromatic nitrogens is 1. The molecule has 0 fully saturated rings. The Morgan fingerprint density at radius 3 is 2.38 bits per heavy atom. The van der Waals surface area contributed by atoms with Crippen molar-refractivity contribution in [1.82, 2.24) is 4.98 Å². The van der Waals surface area contributed by atoms with Crippen LogP contribution in [0, 0.1) is 19.8 Å². The van der Waals surface area contributed by atoms with Gasteiger partial charge in [0.2, 0.25) is 5.91 Å². The molecule has 3 heteroatoms. The van der Waals surface area contributed by atoms with Gasteiger partial charge in [0.05, 0.1) is 6.54 Å². The summed E-state index contributed by atoms with van der Waals surface area (Å²) in [6.45, 7) is 8.52. The van der Waals surface area contributed by atoms with Crippen LogP contribution in [0.25, 0.3) is 0 Å². The van der Waals surface area contributed by atoms with E-state index in [9.17, 15) is 4.79 Å². The van der Waals surface area contributed by atoms with E-state index in [4.69, 9.17) is 0 Å². The van der Waals surface area contributed by atoms with Crippen molar-refractivity contribution in [1.29, 1.82) is 0 Å². The van der Waals surface area contributed by atoms with Gasteiger partial charge in [-0.2, -0.15) is 0 Å². The topological polar surface area (TPSA) is 33.2 Å². The molecule has 2 aromatic rings. The van der Waals surface area contributed by atoms with E-state index in [-0.39, 0.29) is 11.8 Å². The van der Waals surface area contributed by atoms with Gasteiger partial charge in [0.25, 0.3) is 0 Å². The van der Waals surface area contributed by atoms with E-state index in [0.717, 1.165) is 22.4 Å². The molecule has 0 saturated heterocycles. The molecule has 1 heterocycles. The third-order valence-electron chi connectivity index (χ3n) is 3.34. The molecule has 0 unspecified atom stereocenters. The number of hydrogen-bond donors (Lipinski definition) is 0. The second-order valence-corrected chi connectivity index (χ2v) is 5.79. The Balaban J connectivity index is 2.38. The summed E-state index contributed by atoms with van der Waals surface area (Å²) in [5.74, 6) is 0.0892. The summed E-state index contributed by atoms with van der Waals surface area (Å²) in [7, 11) is 0. The van der Waals surface area contributed by atoms with Crippen LogP contribution in [0.1, 0.15) is 30.5 Å². The molecule has 2 rings (SSSR count). The predicted molar refractivity (Wildman–Crippen MR) is 86.2 cm³/mol. The number of rotatable bonds is 4. The van der Waals surface area contributed by atoms with Crippen molar-refractivity contribution in [3.63, 3.8) is 0 Å². The summed E-state index contributed by atoms with van der Waals surface area (Å²) in [5.41, 5.74) is 4.32.